The van der Waals surface area contributed by atoms with Crippen LogP contribution in [0.1, 0.15) is 13.3 Å². The van der Waals surface area contributed by atoms with Crippen molar-refractivity contribution in [3.05, 3.63) is 18.5 Å². The van der Waals surface area contributed by atoms with E-state index in [9.17, 15) is 0 Å². The van der Waals surface area contributed by atoms with Crippen LogP contribution in [0.2, 0.25) is 0 Å². The van der Waals surface area contributed by atoms with Crippen molar-refractivity contribution in [3.63, 3.8) is 0 Å². The van der Waals surface area contributed by atoms with E-state index in [-0.39, 0.29) is 0 Å². The van der Waals surface area contributed by atoms with Crippen molar-refractivity contribution in [2.24, 2.45) is 10.7 Å². The van der Waals surface area contributed by atoms with Crippen LogP contribution in [0.15, 0.2) is 23.5 Å². The molecule has 134 valence electrons. The first-order chi connectivity index (χ1) is 11.8. The van der Waals surface area contributed by atoms with Gasteiger partial charge in [-0.1, -0.05) is 0 Å². The van der Waals surface area contributed by atoms with Crippen molar-refractivity contribution < 1.29 is 4.74 Å². The Kier molecular flexibility index (Phi) is 8.26. The van der Waals surface area contributed by atoms with Crippen molar-refractivity contribution in [1.29, 1.82) is 0 Å². The number of nitrogens with one attached hydrogen (secondary N) is 1. The number of nitrogens with two attached hydrogens (primary N) is 1. The molecule has 1 aliphatic heterocycles. The van der Waals surface area contributed by atoms with Gasteiger partial charge in [0.2, 0.25) is 5.95 Å². The number of rotatable bonds is 9. The Balaban J connectivity index is 1.57. The van der Waals surface area contributed by atoms with E-state index in [0.29, 0.717) is 12.5 Å². The maximum absolute atomic E-state index is 5.86. The predicted molar refractivity (Wildman–Crippen MR) is 96.3 cm³/mol. The zero-order valence-electron chi connectivity index (χ0n) is 14.5. The number of hydrogen-bond acceptors (Lipinski definition) is 6. The summed E-state index contributed by atoms with van der Waals surface area (Å²) in [5.41, 5.74) is 5.86. The minimum absolute atomic E-state index is 0.516. The molecule has 1 aromatic rings. The fourth-order valence-corrected chi connectivity index (χ4v) is 2.53. The van der Waals surface area contributed by atoms with E-state index in [0.717, 1.165) is 64.9 Å². The van der Waals surface area contributed by atoms with Crippen molar-refractivity contribution in [3.8, 4) is 0 Å². The number of anilines is 1. The van der Waals surface area contributed by atoms with Gasteiger partial charge in [-0.3, -0.25) is 9.89 Å². The van der Waals surface area contributed by atoms with Crippen LogP contribution in [0, 0.1) is 0 Å². The van der Waals surface area contributed by atoms with Crippen LogP contribution in [0.3, 0.4) is 0 Å². The maximum Gasteiger partial charge on any atom is 0.225 e. The molecule has 1 fully saturated rings. The summed E-state index contributed by atoms with van der Waals surface area (Å²) in [5.74, 6) is 1.33. The van der Waals surface area contributed by atoms with E-state index in [4.69, 9.17) is 10.5 Å². The molecular formula is C16H29N7O. The molecule has 0 unspecified atom stereocenters. The zero-order chi connectivity index (χ0) is 17.0. The molecule has 0 aromatic carbocycles. The van der Waals surface area contributed by atoms with Gasteiger partial charge < -0.3 is 20.7 Å². The summed E-state index contributed by atoms with van der Waals surface area (Å²) in [4.78, 5) is 17.5. The van der Waals surface area contributed by atoms with Crippen molar-refractivity contribution in [1.82, 2.24) is 20.2 Å². The van der Waals surface area contributed by atoms with Gasteiger partial charge in [0, 0.05) is 71.4 Å². The lowest BCUT2D eigenvalue weighted by Crippen LogP contribution is -2.49. The number of ether oxygens (including phenoxy) is 1. The van der Waals surface area contributed by atoms with Gasteiger partial charge in [0.05, 0.1) is 0 Å². The molecule has 8 heteroatoms. The van der Waals surface area contributed by atoms with Crippen LogP contribution in [0.4, 0.5) is 5.95 Å². The molecule has 0 radical (unpaired) electrons. The Bertz CT molecular complexity index is 475. The minimum atomic E-state index is 0.516. The summed E-state index contributed by atoms with van der Waals surface area (Å²) in [7, 11) is 0. The van der Waals surface area contributed by atoms with Gasteiger partial charge in [-0.05, 0) is 19.4 Å². The number of guanidine groups is 1. The lowest BCUT2D eigenvalue weighted by Gasteiger charge is -2.34. The van der Waals surface area contributed by atoms with Gasteiger partial charge in [0.25, 0.3) is 0 Å². The lowest BCUT2D eigenvalue weighted by atomic mass is 10.3. The van der Waals surface area contributed by atoms with Crippen LogP contribution in [0.5, 0.6) is 0 Å². The number of hydrogen-bond donors (Lipinski definition) is 2. The second-order valence-corrected chi connectivity index (χ2v) is 5.62. The maximum atomic E-state index is 5.86. The summed E-state index contributed by atoms with van der Waals surface area (Å²) >= 11 is 0. The second-order valence-electron chi connectivity index (χ2n) is 5.62. The molecule has 24 heavy (non-hydrogen) atoms. The molecule has 0 atom stereocenters. The third kappa shape index (κ3) is 6.67. The molecule has 1 saturated heterocycles. The number of nitrogens with zero attached hydrogens (tertiary/aromatic N) is 5. The highest BCUT2D eigenvalue weighted by atomic mass is 16.5. The second kappa shape index (κ2) is 10.8. The third-order valence-corrected chi connectivity index (χ3v) is 3.87. The Hall–Kier alpha value is -1.93. The molecule has 2 rings (SSSR count). The molecule has 2 heterocycles. The minimum Gasteiger partial charge on any atom is -0.382 e. The van der Waals surface area contributed by atoms with Crippen LogP contribution in [-0.4, -0.2) is 79.9 Å². The Morgan fingerprint density at radius 2 is 2.04 bits per heavy atom. The van der Waals surface area contributed by atoms with Crippen molar-refractivity contribution in [2.45, 2.75) is 13.3 Å². The fraction of sp³-hybridized carbons (Fsp3) is 0.688. The summed E-state index contributed by atoms with van der Waals surface area (Å²) in [6, 6.07) is 1.84. The van der Waals surface area contributed by atoms with Crippen LogP contribution in [0.25, 0.3) is 0 Å². The van der Waals surface area contributed by atoms with Gasteiger partial charge >= 0.3 is 0 Å². The smallest absolute Gasteiger partial charge is 0.225 e. The summed E-state index contributed by atoms with van der Waals surface area (Å²) < 4.78 is 5.27. The van der Waals surface area contributed by atoms with Gasteiger partial charge in [0.15, 0.2) is 5.96 Å². The van der Waals surface area contributed by atoms with Gasteiger partial charge in [-0.15, -0.1) is 0 Å². The van der Waals surface area contributed by atoms with Crippen LogP contribution >= 0.6 is 0 Å². The molecule has 1 aromatic heterocycles. The van der Waals surface area contributed by atoms with E-state index in [2.05, 4.69) is 30.1 Å². The molecular weight excluding hydrogens is 306 g/mol. The molecule has 0 spiro atoms. The first-order valence-electron chi connectivity index (χ1n) is 8.65. The molecule has 1 aliphatic rings. The quantitative estimate of drug-likeness (QED) is 0.371. The molecule has 8 nitrogen and oxygen atoms in total. The zero-order valence-corrected chi connectivity index (χ0v) is 14.5. The molecule has 0 saturated carbocycles. The standard InChI is InChI=1S/C16H29N7O/c1-2-24-14-4-7-18-15(17)19-8-9-22-10-12-23(13-11-22)16-20-5-3-6-21-16/h3,5-6H,2,4,7-14H2,1H3,(H3,17,18,19). The van der Waals surface area contributed by atoms with Crippen LogP contribution < -0.4 is 16.0 Å². The SMILES string of the molecule is CCOCCCN=C(N)NCCN1CCN(c2ncccn2)CC1. The van der Waals surface area contributed by atoms with E-state index < -0.39 is 0 Å². The average molecular weight is 335 g/mol. The number of aromatic nitrogens is 2. The first kappa shape index (κ1) is 18.4. The molecule has 3 N–H and O–H groups in total. The van der Waals surface area contributed by atoms with Crippen molar-refractivity contribution >= 4 is 11.9 Å². The predicted octanol–water partition coefficient (Wildman–Crippen LogP) is -0.0705. The van der Waals surface area contributed by atoms with E-state index in [1.165, 1.54) is 0 Å². The topological polar surface area (TPSA) is 91.9 Å². The highest BCUT2D eigenvalue weighted by Gasteiger charge is 2.18. The summed E-state index contributed by atoms with van der Waals surface area (Å²) in [6.45, 7) is 9.86. The van der Waals surface area contributed by atoms with Crippen molar-refractivity contribution in [2.75, 3.05) is 63.9 Å². The average Bonchev–Trinajstić information content (AvgIpc) is 2.63. The lowest BCUT2D eigenvalue weighted by molar-refractivity contribution is 0.146. The highest BCUT2D eigenvalue weighted by Crippen LogP contribution is 2.08. The van der Waals surface area contributed by atoms with E-state index >= 15 is 0 Å². The van der Waals surface area contributed by atoms with E-state index in [1.54, 1.807) is 12.4 Å². The van der Waals surface area contributed by atoms with Gasteiger partial charge in [0.1, 0.15) is 0 Å². The molecule has 0 amide bonds. The Labute approximate surface area is 144 Å². The Morgan fingerprint density at radius 3 is 2.75 bits per heavy atom. The fourth-order valence-electron chi connectivity index (χ4n) is 2.53. The number of aliphatic imine (C=N–C) groups is 1. The van der Waals surface area contributed by atoms with Gasteiger partial charge in [-0.25, -0.2) is 9.97 Å². The third-order valence-electron chi connectivity index (χ3n) is 3.87. The monoisotopic (exact) mass is 335 g/mol. The summed E-state index contributed by atoms with van der Waals surface area (Å²) in [5, 5.41) is 3.17. The van der Waals surface area contributed by atoms with E-state index in [1.807, 2.05) is 13.0 Å². The van der Waals surface area contributed by atoms with Gasteiger partial charge in [-0.2, -0.15) is 0 Å². The highest BCUT2D eigenvalue weighted by molar-refractivity contribution is 5.77. The molecule has 0 aliphatic carbocycles. The molecule has 0 bridgehead atoms. The number of piperazine rings is 1. The van der Waals surface area contributed by atoms with Crippen LogP contribution in [-0.2, 0) is 4.74 Å². The largest absolute Gasteiger partial charge is 0.382 e. The normalized spacial score (nSPS) is 16.4. The summed E-state index contributed by atoms with van der Waals surface area (Å²) in [6.07, 6.45) is 4.48. The Morgan fingerprint density at radius 1 is 1.29 bits per heavy atom. The first-order valence-corrected chi connectivity index (χ1v) is 8.65.